The second-order valence-electron chi connectivity index (χ2n) is 2.84. The molecule has 0 saturated heterocycles. The zero-order valence-electron chi connectivity index (χ0n) is 9.42. The van der Waals surface area contributed by atoms with Crippen LogP contribution >= 0.6 is 0 Å². The molecule has 0 heterocycles. The maximum absolute atomic E-state index is 10.6. The van der Waals surface area contributed by atoms with E-state index in [2.05, 4.69) is 5.32 Å². The first-order valence-electron chi connectivity index (χ1n) is 4.99. The zero-order valence-corrected chi connectivity index (χ0v) is 9.42. The van der Waals surface area contributed by atoms with Crippen LogP contribution in [0, 0.1) is 6.92 Å². The summed E-state index contributed by atoms with van der Waals surface area (Å²) in [6.07, 6.45) is 0. The summed E-state index contributed by atoms with van der Waals surface area (Å²) < 4.78 is 0. The Morgan fingerprint density at radius 1 is 1.29 bits per heavy atom. The standard InChI is InChI=1S/C10H13NO.C2H6/c1-8-5-3-4-6-10(8)7-11-9(2)12;1-2/h3-6H,7H2,1-2H3,(H,11,12);1-2H3. The smallest absolute Gasteiger partial charge is 0.217 e. The van der Waals surface area contributed by atoms with E-state index in [-0.39, 0.29) is 5.91 Å². The number of nitrogens with one attached hydrogen (secondary N) is 1. The van der Waals surface area contributed by atoms with Gasteiger partial charge in [-0.15, -0.1) is 0 Å². The molecule has 0 fully saturated rings. The first-order valence-corrected chi connectivity index (χ1v) is 4.99. The quantitative estimate of drug-likeness (QED) is 0.768. The average Bonchev–Trinajstić information content (AvgIpc) is 2.19. The molecule has 0 spiro atoms. The molecule has 2 heteroatoms. The monoisotopic (exact) mass is 193 g/mol. The van der Waals surface area contributed by atoms with Crippen LogP contribution in [0.3, 0.4) is 0 Å². The second kappa shape index (κ2) is 7.13. The predicted molar refractivity (Wildman–Crippen MR) is 60.0 cm³/mol. The van der Waals surface area contributed by atoms with Gasteiger partial charge in [0.2, 0.25) is 5.91 Å². The summed E-state index contributed by atoms with van der Waals surface area (Å²) in [7, 11) is 0. The molecule has 1 aromatic rings. The van der Waals surface area contributed by atoms with Crippen molar-refractivity contribution in [2.24, 2.45) is 0 Å². The van der Waals surface area contributed by atoms with E-state index in [1.807, 2.05) is 45.0 Å². The molecule has 0 aromatic heterocycles. The van der Waals surface area contributed by atoms with E-state index in [0.29, 0.717) is 6.54 Å². The van der Waals surface area contributed by atoms with Gasteiger partial charge in [0.05, 0.1) is 0 Å². The third-order valence-electron chi connectivity index (χ3n) is 1.79. The fourth-order valence-corrected chi connectivity index (χ4v) is 1.03. The van der Waals surface area contributed by atoms with E-state index < -0.39 is 0 Å². The van der Waals surface area contributed by atoms with Crippen LogP contribution in [0.5, 0.6) is 0 Å². The minimum Gasteiger partial charge on any atom is -0.352 e. The number of benzene rings is 1. The molecule has 2 nitrogen and oxygen atoms in total. The van der Waals surface area contributed by atoms with Gasteiger partial charge in [0.1, 0.15) is 0 Å². The Hall–Kier alpha value is -1.31. The normalized spacial score (nSPS) is 8.57. The topological polar surface area (TPSA) is 29.1 Å². The van der Waals surface area contributed by atoms with Crippen LogP contribution in [0.4, 0.5) is 0 Å². The Bertz CT molecular complexity index is 281. The third-order valence-corrected chi connectivity index (χ3v) is 1.79. The van der Waals surface area contributed by atoms with Gasteiger partial charge in [-0.2, -0.15) is 0 Å². The number of carbonyl (C=O) groups excluding carboxylic acids is 1. The lowest BCUT2D eigenvalue weighted by molar-refractivity contribution is -0.119. The van der Waals surface area contributed by atoms with E-state index in [9.17, 15) is 4.79 Å². The number of rotatable bonds is 2. The van der Waals surface area contributed by atoms with Crippen molar-refractivity contribution >= 4 is 5.91 Å². The SMILES string of the molecule is CC.CC(=O)NCc1ccccc1C. The Morgan fingerprint density at radius 2 is 1.86 bits per heavy atom. The number of aryl methyl sites for hydroxylation is 1. The van der Waals surface area contributed by atoms with Crippen molar-refractivity contribution in [1.29, 1.82) is 0 Å². The van der Waals surface area contributed by atoms with Crippen molar-refractivity contribution in [3.8, 4) is 0 Å². The van der Waals surface area contributed by atoms with Gasteiger partial charge in [-0.3, -0.25) is 4.79 Å². The number of carbonyl (C=O) groups is 1. The van der Waals surface area contributed by atoms with Crippen molar-refractivity contribution in [3.05, 3.63) is 35.4 Å². The fourth-order valence-electron chi connectivity index (χ4n) is 1.03. The van der Waals surface area contributed by atoms with Crippen molar-refractivity contribution in [3.63, 3.8) is 0 Å². The van der Waals surface area contributed by atoms with E-state index in [0.717, 1.165) is 0 Å². The van der Waals surface area contributed by atoms with Gasteiger partial charge >= 0.3 is 0 Å². The highest BCUT2D eigenvalue weighted by Gasteiger charge is 1.96. The lowest BCUT2D eigenvalue weighted by Gasteiger charge is -2.04. The molecule has 1 aromatic carbocycles. The van der Waals surface area contributed by atoms with E-state index in [1.165, 1.54) is 18.1 Å². The summed E-state index contributed by atoms with van der Waals surface area (Å²) in [5.74, 6) is 0.0123. The number of hydrogen-bond donors (Lipinski definition) is 1. The van der Waals surface area contributed by atoms with E-state index in [1.54, 1.807) is 0 Å². The Kier molecular flexibility index (Phi) is 6.46. The molecule has 0 saturated carbocycles. The minimum atomic E-state index is 0.0123. The highest BCUT2D eigenvalue weighted by Crippen LogP contribution is 2.05. The Morgan fingerprint density at radius 3 is 2.36 bits per heavy atom. The molecule has 0 aliphatic carbocycles. The van der Waals surface area contributed by atoms with Gasteiger partial charge < -0.3 is 5.32 Å². The molecule has 0 unspecified atom stereocenters. The Balaban J connectivity index is 0.000000791. The molecule has 0 aliphatic rings. The zero-order chi connectivity index (χ0) is 11.0. The second-order valence-corrected chi connectivity index (χ2v) is 2.84. The average molecular weight is 193 g/mol. The molecule has 1 rings (SSSR count). The van der Waals surface area contributed by atoms with Crippen LogP contribution in [-0.2, 0) is 11.3 Å². The van der Waals surface area contributed by atoms with Crippen molar-refractivity contribution in [2.75, 3.05) is 0 Å². The summed E-state index contributed by atoms with van der Waals surface area (Å²) in [5, 5.41) is 2.76. The lowest BCUT2D eigenvalue weighted by Crippen LogP contribution is -2.19. The van der Waals surface area contributed by atoms with Gasteiger partial charge in [0.25, 0.3) is 0 Å². The molecular formula is C12H19NO. The summed E-state index contributed by atoms with van der Waals surface area (Å²) in [4.78, 5) is 10.6. The lowest BCUT2D eigenvalue weighted by atomic mass is 10.1. The highest BCUT2D eigenvalue weighted by atomic mass is 16.1. The Labute approximate surface area is 86.3 Å². The highest BCUT2D eigenvalue weighted by molar-refractivity contribution is 5.72. The van der Waals surface area contributed by atoms with Crippen LogP contribution in [0.2, 0.25) is 0 Å². The minimum absolute atomic E-state index is 0.0123. The van der Waals surface area contributed by atoms with Gasteiger partial charge in [-0.25, -0.2) is 0 Å². The number of hydrogen-bond acceptors (Lipinski definition) is 1. The molecular weight excluding hydrogens is 174 g/mol. The molecule has 14 heavy (non-hydrogen) atoms. The summed E-state index contributed by atoms with van der Waals surface area (Å²) in [6.45, 7) is 8.19. The summed E-state index contributed by atoms with van der Waals surface area (Å²) >= 11 is 0. The predicted octanol–water partition coefficient (Wildman–Crippen LogP) is 2.66. The molecule has 1 amide bonds. The molecule has 0 aliphatic heterocycles. The van der Waals surface area contributed by atoms with Crippen LogP contribution in [0.15, 0.2) is 24.3 Å². The van der Waals surface area contributed by atoms with Crippen LogP contribution in [0.25, 0.3) is 0 Å². The van der Waals surface area contributed by atoms with Crippen LogP contribution in [0.1, 0.15) is 31.9 Å². The third kappa shape index (κ3) is 4.65. The molecule has 0 radical (unpaired) electrons. The van der Waals surface area contributed by atoms with Gasteiger partial charge in [-0.1, -0.05) is 38.1 Å². The molecule has 78 valence electrons. The van der Waals surface area contributed by atoms with Crippen molar-refractivity contribution < 1.29 is 4.79 Å². The number of amides is 1. The first kappa shape index (κ1) is 12.7. The molecule has 1 N–H and O–H groups in total. The van der Waals surface area contributed by atoms with E-state index in [4.69, 9.17) is 0 Å². The van der Waals surface area contributed by atoms with Crippen LogP contribution < -0.4 is 5.32 Å². The summed E-state index contributed by atoms with van der Waals surface area (Å²) in [6, 6.07) is 8.03. The first-order chi connectivity index (χ1) is 6.70. The molecule has 0 bridgehead atoms. The maximum Gasteiger partial charge on any atom is 0.217 e. The van der Waals surface area contributed by atoms with Gasteiger partial charge in [-0.05, 0) is 18.1 Å². The van der Waals surface area contributed by atoms with Gasteiger partial charge in [0, 0.05) is 13.5 Å². The van der Waals surface area contributed by atoms with Crippen molar-refractivity contribution in [2.45, 2.75) is 34.2 Å². The fraction of sp³-hybridized carbons (Fsp3) is 0.417. The van der Waals surface area contributed by atoms with Gasteiger partial charge in [0.15, 0.2) is 0 Å². The summed E-state index contributed by atoms with van der Waals surface area (Å²) in [5.41, 5.74) is 2.39. The molecule has 0 atom stereocenters. The van der Waals surface area contributed by atoms with E-state index >= 15 is 0 Å². The maximum atomic E-state index is 10.6. The van der Waals surface area contributed by atoms with Crippen molar-refractivity contribution in [1.82, 2.24) is 5.32 Å². The van der Waals surface area contributed by atoms with Crippen LogP contribution in [-0.4, -0.2) is 5.91 Å². The largest absolute Gasteiger partial charge is 0.352 e.